The van der Waals surface area contributed by atoms with Crippen molar-refractivity contribution in [1.29, 1.82) is 0 Å². The van der Waals surface area contributed by atoms with Crippen molar-refractivity contribution in [2.45, 2.75) is 39.5 Å². The van der Waals surface area contributed by atoms with Gasteiger partial charge in [0.25, 0.3) is 11.8 Å². The van der Waals surface area contributed by atoms with Gasteiger partial charge < -0.3 is 9.90 Å². The Kier molecular flexibility index (Phi) is 3.73. The first-order chi connectivity index (χ1) is 8.91. The summed E-state index contributed by atoms with van der Waals surface area (Å²) in [6, 6.07) is 0. The molecule has 0 saturated heterocycles. The van der Waals surface area contributed by atoms with Gasteiger partial charge in [0.15, 0.2) is 0 Å². The minimum absolute atomic E-state index is 0.204. The Morgan fingerprint density at radius 2 is 1.58 bits per heavy atom. The highest BCUT2D eigenvalue weighted by molar-refractivity contribution is 6.18. The third-order valence-corrected chi connectivity index (χ3v) is 4.32. The van der Waals surface area contributed by atoms with Crippen LogP contribution in [-0.4, -0.2) is 29.2 Å². The third-order valence-electron chi connectivity index (χ3n) is 4.32. The lowest BCUT2D eigenvalue weighted by molar-refractivity contribution is -0.312. The van der Waals surface area contributed by atoms with Crippen LogP contribution in [0, 0.1) is 11.8 Å². The summed E-state index contributed by atoms with van der Waals surface area (Å²) in [5, 5.41) is 10.8. The van der Waals surface area contributed by atoms with Gasteiger partial charge in [0, 0.05) is 23.7 Å². The molecule has 0 aromatic rings. The van der Waals surface area contributed by atoms with Gasteiger partial charge in [-0.05, 0) is 51.4 Å². The first-order valence-corrected chi connectivity index (χ1v) is 6.66. The molecule has 0 bridgehead atoms. The topological polar surface area (TPSA) is 77.5 Å². The molecule has 5 nitrogen and oxygen atoms in total. The maximum Gasteiger partial charge on any atom is 0.256 e. The van der Waals surface area contributed by atoms with Gasteiger partial charge in [-0.3, -0.25) is 14.5 Å². The summed E-state index contributed by atoms with van der Waals surface area (Å²) >= 11 is 0. The molecule has 0 spiro atoms. The second-order valence-electron chi connectivity index (χ2n) is 5.51. The van der Waals surface area contributed by atoms with Crippen molar-refractivity contribution < 1.29 is 19.5 Å². The molecule has 0 aromatic heterocycles. The van der Waals surface area contributed by atoms with E-state index in [-0.39, 0.29) is 23.7 Å². The van der Waals surface area contributed by atoms with Crippen molar-refractivity contribution in [3.05, 3.63) is 11.1 Å². The Hall–Kier alpha value is -1.65. The van der Waals surface area contributed by atoms with Gasteiger partial charge in [-0.25, -0.2) is 0 Å². The maximum absolute atomic E-state index is 11.9. The monoisotopic (exact) mass is 264 g/mol. The van der Waals surface area contributed by atoms with Crippen LogP contribution in [0.15, 0.2) is 11.1 Å². The fourth-order valence-electron chi connectivity index (χ4n) is 2.82. The first-order valence-electron chi connectivity index (χ1n) is 6.66. The van der Waals surface area contributed by atoms with Crippen LogP contribution in [0.25, 0.3) is 0 Å². The van der Waals surface area contributed by atoms with E-state index in [1.807, 2.05) is 0 Å². The highest BCUT2D eigenvalue weighted by atomic mass is 16.4. The summed E-state index contributed by atoms with van der Waals surface area (Å²) in [5.74, 6) is -1.56. The van der Waals surface area contributed by atoms with Gasteiger partial charge in [0.1, 0.15) is 0 Å². The summed E-state index contributed by atoms with van der Waals surface area (Å²) in [6.07, 6.45) is 2.62. The maximum atomic E-state index is 11.9. The molecule has 1 aliphatic heterocycles. The second-order valence-corrected chi connectivity index (χ2v) is 5.51. The zero-order valence-electron chi connectivity index (χ0n) is 11.3. The number of aliphatic carboxylic acids is 1. The van der Waals surface area contributed by atoms with Crippen LogP contribution >= 0.6 is 0 Å². The fraction of sp³-hybridized carbons (Fsp3) is 0.643. The standard InChI is InChI=1S/C14H19NO4/c1-8-9(2)13(17)15(12(8)16)7-10-3-5-11(6-4-10)14(18)19/h10-11H,3-7H2,1-2H3,(H,18,19)/p-1. The van der Waals surface area contributed by atoms with E-state index >= 15 is 0 Å². The van der Waals surface area contributed by atoms with E-state index in [9.17, 15) is 19.5 Å². The summed E-state index contributed by atoms with van der Waals surface area (Å²) in [6.45, 7) is 3.75. The number of carbonyl (C=O) groups excluding carboxylic acids is 3. The van der Waals surface area contributed by atoms with Crippen LogP contribution in [0.5, 0.6) is 0 Å². The molecule has 0 unspecified atom stereocenters. The van der Waals surface area contributed by atoms with Crippen LogP contribution in [0.2, 0.25) is 0 Å². The minimum atomic E-state index is -0.986. The fourth-order valence-corrected chi connectivity index (χ4v) is 2.82. The molecule has 0 radical (unpaired) electrons. The van der Waals surface area contributed by atoms with Gasteiger partial charge in [0.05, 0.1) is 0 Å². The molecule has 1 saturated carbocycles. The van der Waals surface area contributed by atoms with E-state index in [1.165, 1.54) is 4.90 Å². The zero-order chi connectivity index (χ0) is 14.2. The van der Waals surface area contributed by atoms with E-state index in [0.717, 1.165) is 12.8 Å². The highest BCUT2D eigenvalue weighted by Crippen LogP contribution is 2.31. The number of imide groups is 1. The Balaban J connectivity index is 1.93. The largest absolute Gasteiger partial charge is 0.550 e. The predicted molar refractivity (Wildman–Crippen MR) is 65.5 cm³/mol. The molecule has 2 rings (SSSR count). The van der Waals surface area contributed by atoms with Crippen molar-refractivity contribution in [1.82, 2.24) is 4.90 Å². The number of hydrogen-bond donors (Lipinski definition) is 0. The Bertz CT molecular complexity index is 434. The first kappa shape index (κ1) is 13.8. The average Bonchev–Trinajstić information content (AvgIpc) is 2.57. The molecule has 0 N–H and O–H groups in total. The van der Waals surface area contributed by atoms with Crippen LogP contribution in [0.4, 0.5) is 0 Å². The summed E-state index contributed by atoms with van der Waals surface area (Å²) < 4.78 is 0. The second kappa shape index (κ2) is 5.15. The number of carbonyl (C=O) groups is 3. The molecule has 1 heterocycles. The molecular weight excluding hydrogens is 246 g/mol. The van der Waals surface area contributed by atoms with E-state index < -0.39 is 5.97 Å². The smallest absolute Gasteiger partial charge is 0.256 e. The van der Waals surface area contributed by atoms with E-state index in [2.05, 4.69) is 0 Å². The van der Waals surface area contributed by atoms with Gasteiger partial charge in [-0.1, -0.05) is 0 Å². The van der Waals surface area contributed by atoms with Crippen LogP contribution in [-0.2, 0) is 14.4 Å². The van der Waals surface area contributed by atoms with E-state index in [1.54, 1.807) is 13.8 Å². The van der Waals surface area contributed by atoms with Gasteiger partial charge in [-0.2, -0.15) is 0 Å². The number of amides is 2. The quantitative estimate of drug-likeness (QED) is 0.684. The lowest BCUT2D eigenvalue weighted by Gasteiger charge is -2.31. The summed E-state index contributed by atoms with van der Waals surface area (Å²) in [7, 11) is 0. The van der Waals surface area contributed by atoms with Crippen LogP contribution in [0.1, 0.15) is 39.5 Å². The van der Waals surface area contributed by atoms with Gasteiger partial charge in [-0.15, -0.1) is 0 Å². The molecule has 0 atom stereocenters. The average molecular weight is 264 g/mol. The number of hydrogen-bond acceptors (Lipinski definition) is 4. The lowest BCUT2D eigenvalue weighted by atomic mass is 9.82. The Morgan fingerprint density at radius 1 is 1.11 bits per heavy atom. The third kappa shape index (κ3) is 2.55. The molecule has 104 valence electrons. The normalized spacial score (nSPS) is 28.2. The number of nitrogens with zero attached hydrogens (tertiary/aromatic N) is 1. The van der Waals surface area contributed by atoms with Crippen molar-refractivity contribution in [2.75, 3.05) is 6.54 Å². The highest BCUT2D eigenvalue weighted by Gasteiger charge is 2.35. The molecule has 0 aromatic carbocycles. The predicted octanol–water partition coefficient (Wildman–Crippen LogP) is 0.248. The van der Waals surface area contributed by atoms with Crippen molar-refractivity contribution >= 4 is 17.8 Å². The number of carboxylic acids is 1. The van der Waals surface area contributed by atoms with Gasteiger partial charge in [0.2, 0.25) is 0 Å². The van der Waals surface area contributed by atoms with Crippen LogP contribution < -0.4 is 5.11 Å². The minimum Gasteiger partial charge on any atom is -0.550 e. The van der Waals surface area contributed by atoms with Crippen molar-refractivity contribution in [2.24, 2.45) is 11.8 Å². The molecule has 2 aliphatic rings. The Labute approximate surface area is 112 Å². The summed E-state index contributed by atoms with van der Waals surface area (Å²) in [4.78, 5) is 35.9. The Morgan fingerprint density at radius 3 is 2.00 bits per heavy atom. The lowest BCUT2D eigenvalue weighted by Crippen LogP contribution is -2.39. The van der Waals surface area contributed by atoms with Crippen molar-refractivity contribution in [3.63, 3.8) is 0 Å². The number of carboxylic acid groups (broad SMARTS) is 1. The van der Waals surface area contributed by atoms with Crippen molar-refractivity contribution in [3.8, 4) is 0 Å². The van der Waals surface area contributed by atoms with Crippen LogP contribution in [0.3, 0.4) is 0 Å². The number of rotatable bonds is 3. The molecule has 2 amide bonds. The molecule has 1 fully saturated rings. The molecule has 19 heavy (non-hydrogen) atoms. The molecular formula is C14H18NO4-. The summed E-state index contributed by atoms with van der Waals surface area (Å²) in [5.41, 5.74) is 1.04. The van der Waals surface area contributed by atoms with Gasteiger partial charge >= 0.3 is 0 Å². The van der Waals surface area contributed by atoms with E-state index in [4.69, 9.17) is 0 Å². The SMILES string of the molecule is CC1=C(C)C(=O)N(CC2CCC(C(=O)[O-])CC2)C1=O. The molecule has 5 heteroatoms. The molecule has 1 aliphatic carbocycles. The zero-order valence-corrected chi connectivity index (χ0v) is 11.3. The van der Waals surface area contributed by atoms with E-state index in [0.29, 0.717) is 30.5 Å².